The van der Waals surface area contributed by atoms with Gasteiger partial charge in [0, 0.05) is 30.2 Å². The predicted octanol–water partition coefficient (Wildman–Crippen LogP) is 4.08. The lowest BCUT2D eigenvalue weighted by molar-refractivity contribution is 0.0581. The molecule has 1 aliphatic rings. The van der Waals surface area contributed by atoms with Crippen LogP contribution in [-0.4, -0.2) is 46.8 Å². The molecule has 11 nitrogen and oxygen atoms in total. The quantitative estimate of drug-likeness (QED) is 0.476. The van der Waals surface area contributed by atoms with Crippen molar-refractivity contribution in [3.8, 4) is 11.3 Å². The number of hydrogen-bond acceptors (Lipinski definition) is 7. The number of amides is 2. The average molecular weight is 449 g/mol. The molecule has 4 heterocycles. The van der Waals surface area contributed by atoms with Crippen LogP contribution in [0.4, 0.5) is 21.1 Å². The van der Waals surface area contributed by atoms with Crippen molar-refractivity contribution in [2.45, 2.75) is 45.3 Å². The molecule has 11 heteroatoms. The number of carbonyl (C=O) groups excluding carboxylic acids is 1. The molecule has 170 valence electrons. The number of nitrogens with zero attached hydrogens (tertiary/aromatic N) is 6. The van der Waals surface area contributed by atoms with Gasteiger partial charge in [0.05, 0.1) is 16.8 Å². The monoisotopic (exact) mass is 449 g/mol. The lowest BCUT2D eigenvalue weighted by atomic mass is 10.1. The standard InChI is InChI=1S/C22H23N7O4/c1-22(2,3)33-21(32)29(20(30)31)19-16-13(10-28(12-4-5-12)18(16)25-11-26-19)15-7-6-14(23)17-24-8-9-27(15)17/h6-12H,4-5,23H2,1-3H3,(H,30,31). The third kappa shape index (κ3) is 3.51. The smallest absolute Gasteiger partial charge is 0.425 e. The fourth-order valence-corrected chi connectivity index (χ4v) is 3.88. The van der Waals surface area contributed by atoms with Crippen LogP contribution in [0.25, 0.3) is 27.9 Å². The number of nitrogen functional groups attached to an aromatic ring is 1. The fraction of sp³-hybridized carbons (Fsp3) is 0.318. The molecule has 33 heavy (non-hydrogen) atoms. The molecule has 0 aliphatic heterocycles. The Labute approximate surface area is 188 Å². The van der Waals surface area contributed by atoms with Gasteiger partial charge in [-0.25, -0.2) is 24.5 Å². The number of imidazole rings is 1. The van der Waals surface area contributed by atoms with E-state index in [1.165, 1.54) is 6.33 Å². The lowest BCUT2D eigenvalue weighted by Gasteiger charge is -2.24. The van der Waals surface area contributed by atoms with Crippen molar-refractivity contribution in [1.29, 1.82) is 0 Å². The van der Waals surface area contributed by atoms with E-state index in [2.05, 4.69) is 15.0 Å². The summed E-state index contributed by atoms with van der Waals surface area (Å²) in [4.78, 5) is 38.6. The molecule has 0 unspecified atom stereocenters. The number of pyridine rings is 1. The number of anilines is 2. The van der Waals surface area contributed by atoms with Crippen LogP contribution in [0.1, 0.15) is 39.7 Å². The van der Waals surface area contributed by atoms with E-state index in [0.717, 1.165) is 12.8 Å². The van der Waals surface area contributed by atoms with E-state index < -0.39 is 17.8 Å². The van der Waals surface area contributed by atoms with E-state index in [4.69, 9.17) is 10.5 Å². The van der Waals surface area contributed by atoms with Gasteiger partial charge in [-0.3, -0.25) is 4.40 Å². The maximum atomic E-state index is 12.9. The zero-order chi connectivity index (χ0) is 23.5. The third-order valence-corrected chi connectivity index (χ3v) is 5.36. The van der Waals surface area contributed by atoms with Crippen LogP contribution in [-0.2, 0) is 4.74 Å². The second-order valence-electron chi connectivity index (χ2n) is 8.97. The van der Waals surface area contributed by atoms with Gasteiger partial charge in [0.1, 0.15) is 17.6 Å². The molecule has 0 radical (unpaired) electrons. The first-order chi connectivity index (χ1) is 15.7. The van der Waals surface area contributed by atoms with E-state index in [1.807, 2.05) is 21.2 Å². The zero-order valence-corrected chi connectivity index (χ0v) is 18.4. The van der Waals surface area contributed by atoms with E-state index >= 15 is 0 Å². The summed E-state index contributed by atoms with van der Waals surface area (Å²) in [5, 5.41) is 10.4. The van der Waals surface area contributed by atoms with E-state index in [0.29, 0.717) is 38.5 Å². The number of fused-ring (bicyclic) bond motifs is 2. The molecule has 1 fully saturated rings. The van der Waals surface area contributed by atoms with Gasteiger partial charge < -0.3 is 20.1 Å². The fourth-order valence-electron chi connectivity index (χ4n) is 3.88. The Balaban J connectivity index is 1.79. The molecule has 0 bridgehead atoms. The normalized spacial score (nSPS) is 14.0. The number of carboxylic acid groups (broad SMARTS) is 1. The minimum atomic E-state index is -1.50. The third-order valence-electron chi connectivity index (χ3n) is 5.36. The Hall–Kier alpha value is -4.15. The Morgan fingerprint density at radius 2 is 1.94 bits per heavy atom. The number of hydrogen-bond donors (Lipinski definition) is 2. The molecule has 0 atom stereocenters. The van der Waals surface area contributed by atoms with Gasteiger partial charge in [-0.05, 0) is 45.7 Å². The van der Waals surface area contributed by atoms with Crippen molar-refractivity contribution in [2.24, 2.45) is 0 Å². The molecule has 1 aliphatic carbocycles. The Morgan fingerprint density at radius 3 is 2.61 bits per heavy atom. The zero-order valence-electron chi connectivity index (χ0n) is 18.4. The van der Waals surface area contributed by atoms with Crippen LogP contribution in [0.5, 0.6) is 0 Å². The van der Waals surface area contributed by atoms with Gasteiger partial charge in [0.2, 0.25) is 0 Å². The summed E-state index contributed by atoms with van der Waals surface area (Å²) in [7, 11) is 0. The highest BCUT2D eigenvalue weighted by molar-refractivity contribution is 6.15. The minimum Gasteiger partial charge on any atom is -0.464 e. The number of nitrogens with two attached hydrogens (primary N) is 1. The summed E-state index contributed by atoms with van der Waals surface area (Å²) in [5.41, 5.74) is 8.18. The SMILES string of the molecule is CC(C)(C)OC(=O)N(C(=O)O)c1ncnc2c1c(-c1ccc(N)c3nccn13)cn2C1CC1. The second kappa shape index (κ2) is 7.19. The van der Waals surface area contributed by atoms with Crippen LogP contribution < -0.4 is 10.6 Å². The van der Waals surface area contributed by atoms with Crippen molar-refractivity contribution in [3.05, 3.63) is 37.1 Å². The Kier molecular flexibility index (Phi) is 4.52. The first-order valence-corrected chi connectivity index (χ1v) is 10.5. The van der Waals surface area contributed by atoms with Crippen LogP contribution in [0.3, 0.4) is 0 Å². The highest BCUT2D eigenvalue weighted by Gasteiger charge is 2.35. The van der Waals surface area contributed by atoms with Gasteiger partial charge in [0.15, 0.2) is 11.5 Å². The van der Waals surface area contributed by atoms with Gasteiger partial charge in [0.25, 0.3) is 0 Å². The molecular formula is C22H23N7O4. The predicted molar refractivity (Wildman–Crippen MR) is 121 cm³/mol. The van der Waals surface area contributed by atoms with Crippen LogP contribution >= 0.6 is 0 Å². The van der Waals surface area contributed by atoms with E-state index in [-0.39, 0.29) is 11.9 Å². The number of rotatable bonds is 3. The number of carbonyl (C=O) groups is 2. The molecule has 5 rings (SSSR count). The topological polar surface area (TPSA) is 141 Å². The molecule has 0 aromatic carbocycles. The van der Waals surface area contributed by atoms with Crippen molar-refractivity contribution in [2.75, 3.05) is 10.6 Å². The summed E-state index contributed by atoms with van der Waals surface area (Å²) in [6, 6.07) is 3.81. The minimum absolute atomic E-state index is 0.0683. The van der Waals surface area contributed by atoms with Gasteiger partial charge in [-0.15, -0.1) is 0 Å². The summed E-state index contributed by atoms with van der Waals surface area (Å²) < 4.78 is 9.18. The number of imide groups is 1. The molecule has 4 aromatic rings. The van der Waals surface area contributed by atoms with Gasteiger partial charge >= 0.3 is 12.2 Å². The van der Waals surface area contributed by atoms with Crippen LogP contribution in [0.2, 0.25) is 0 Å². The summed E-state index contributed by atoms with van der Waals surface area (Å²) in [6.45, 7) is 5.00. The average Bonchev–Trinajstić information content (AvgIpc) is 3.30. The summed E-state index contributed by atoms with van der Waals surface area (Å²) >= 11 is 0. The largest absolute Gasteiger partial charge is 0.464 e. The Bertz CT molecular complexity index is 1410. The highest BCUT2D eigenvalue weighted by Crippen LogP contribution is 2.43. The number of ether oxygens (including phenoxy) is 1. The number of aromatic nitrogens is 5. The van der Waals surface area contributed by atoms with Crippen LogP contribution in [0.15, 0.2) is 37.1 Å². The maximum Gasteiger partial charge on any atom is 0.425 e. The van der Waals surface area contributed by atoms with Gasteiger partial charge in [-0.2, -0.15) is 4.90 Å². The first-order valence-electron chi connectivity index (χ1n) is 10.5. The summed E-state index contributed by atoms with van der Waals surface area (Å²) in [6.07, 6.45) is 6.02. The maximum absolute atomic E-state index is 12.9. The molecule has 0 spiro atoms. The van der Waals surface area contributed by atoms with Crippen LogP contribution in [0, 0.1) is 0 Å². The van der Waals surface area contributed by atoms with Crippen molar-refractivity contribution in [1.82, 2.24) is 23.9 Å². The second-order valence-corrected chi connectivity index (χ2v) is 8.97. The highest BCUT2D eigenvalue weighted by atomic mass is 16.6. The summed E-state index contributed by atoms with van der Waals surface area (Å²) in [5.74, 6) is -0.0683. The molecule has 3 N–H and O–H groups in total. The van der Waals surface area contributed by atoms with Gasteiger partial charge in [-0.1, -0.05) is 0 Å². The van der Waals surface area contributed by atoms with E-state index in [9.17, 15) is 14.7 Å². The van der Waals surface area contributed by atoms with Crippen molar-refractivity contribution >= 4 is 40.4 Å². The first kappa shape index (κ1) is 20.7. The van der Waals surface area contributed by atoms with Crippen molar-refractivity contribution < 1.29 is 19.4 Å². The molecule has 0 saturated heterocycles. The molecular weight excluding hydrogens is 426 g/mol. The lowest BCUT2D eigenvalue weighted by Crippen LogP contribution is -2.40. The Morgan fingerprint density at radius 1 is 1.18 bits per heavy atom. The molecule has 4 aromatic heterocycles. The molecule has 2 amide bonds. The van der Waals surface area contributed by atoms with E-state index in [1.54, 1.807) is 39.2 Å². The molecule has 1 saturated carbocycles. The van der Waals surface area contributed by atoms with Crippen molar-refractivity contribution in [3.63, 3.8) is 0 Å².